The quantitative estimate of drug-likeness (QED) is 0.161. The molecule has 0 saturated heterocycles. The molecular weight excluding hydrogens is 540 g/mol. The van der Waals surface area contributed by atoms with Gasteiger partial charge in [-0.2, -0.15) is 26.3 Å². The Morgan fingerprint density at radius 3 is 1.42 bits per heavy atom. The molecule has 0 aliphatic heterocycles. The highest BCUT2D eigenvalue weighted by Gasteiger charge is 2.32. The van der Waals surface area contributed by atoms with Crippen LogP contribution in [0.3, 0.4) is 0 Å². The zero-order valence-corrected chi connectivity index (χ0v) is 22.1. The van der Waals surface area contributed by atoms with Crippen LogP contribution in [0.1, 0.15) is 11.1 Å². The van der Waals surface area contributed by atoms with Crippen molar-refractivity contribution in [1.29, 1.82) is 0 Å². The molecule has 0 fully saturated rings. The molecule has 0 aliphatic rings. The Balaban J connectivity index is 1.72. The SMILES string of the molecule is COc1ccccc1P(CCP(c1ccc(C(F)(F)F)cc1)c1ccc(C(F)(F)F)cc1)c1ccccc1. The van der Waals surface area contributed by atoms with Gasteiger partial charge in [0.25, 0.3) is 0 Å². The van der Waals surface area contributed by atoms with Crippen molar-refractivity contribution in [3.63, 3.8) is 0 Å². The second-order valence-electron chi connectivity index (χ2n) is 8.40. The maximum atomic E-state index is 13.2. The van der Waals surface area contributed by atoms with E-state index >= 15 is 0 Å². The van der Waals surface area contributed by atoms with Gasteiger partial charge in [-0.3, -0.25) is 0 Å². The van der Waals surface area contributed by atoms with Gasteiger partial charge in [-0.25, -0.2) is 0 Å². The monoisotopic (exact) mass is 564 g/mol. The van der Waals surface area contributed by atoms with Crippen LogP contribution in [0.4, 0.5) is 26.3 Å². The van der Waals surface area contributed by atoms with Crippen LogP contribution in [0.2, 0.25) is 0 Å². The Bertz CT molecular complexity index is 1260. The molecule has 1 nitrogen and oxygen atoms in total. The van der Waals surface area contributed by atoms with Crippen LogP contribution in [0.25, 0.3) is 0 Å². The third-order valence-electron chi connectivity index (χ3n) is 6.00. The Morgan fingerprint density at radius 2 is 0.947 bits per heavy atom. The standard InChI is InChI=1S/C29H24F6OP2/c1-36-26-9-5-6-10-27(26)38(23-7-3-2-4-8-23)20-19-37(24-15-11-21(12-16-24)28(30,31)32)25-17-13-22(14-18-25)29(33,34)35/h2-18H,19-20H2,1H3. The number of para-hydroxylation sites is 1. The van der Waals surface area contributed by atoms with Crippen molar-refractivity contribution in [3.8, 4) is 5.75 Å². The molecule has 0 amide bonds. The number of alkyl halides is 6. The normalized spacial score (nSPS) is 12.9. The lowest BCUT2D eigenvalue weighted by atomic mass is 10.2. The highest BCUT2D eigenvalue weighted by molar-refractivity contribution is 7.76. The van der Waals surface area contributed by atoms with E-state index in [0.29, 0.717) is 22.9 Å². The molecule has 0 radical (unpaired) electrons. The van der Waals surface area contributed by atoms with Gasteiger partial charge in [0, 0.05) is 5.30 Å². The minimum Gasteiger partial charge on any atom is -0.496 e. The summed E-state index contributed by atoms with van der Waals surface area (Å²) in [7, 11) is -0.537. The average molecular weight is 564 g/mol. The zero-order chi connectivity index (χ0) is 27.3. The van der Waals surface area contributed by atoms with E-state index in [4.69, 9.17) is 4.74 Å². The molecule has 4 rings (SSSR count). The highest BCUT2D eigenvalue weighted by atomic mass is 31.1. The van der Waals surface area contributed by atoms with Gasteiger partial charge in [0.2, 0.25) is 0 Å². The first kappa shape index (κ1) is 28.1. The fraction of sp³-hybridized carbons (Fsp3) is 0.172. The van der Waals surface area contributed by atoms with Gasteiger partial charge in [0.1, 0.15) is 5.75 Å². The number of benzene rings is 4. The molecule has 0 heterocycles. The van der Waals surface area contributed by atoms with Gasteiger partial charge < -0.3 is 4.74 Å². The number of hydrogen-bond donors (Lipinski definition) is 0. The van der Waals surface area contributed by atoms with E-state index in [1.807, 2.05) is 54.6 Å². The largest absolute Gasteiger partial charge is 0.496 e. The number of hydrogen-bond acceptors (Lipinski definition) is 1. The Hall–Kier alpha value is -2.88. The Labute approximate surface area is 220 Å². The lowest BCUT2D eigenvalue weighted by molar-refractivity contribution is -0.138. The predicted octanol–water partition coefficient (Wildman–Crippen LogP) is 7.30. The molecule has 0 saturated carbocycles. The summed E-state index contributed by atoms with van der Waals surface area (Å²) in [4.78, 5) is 0. The molecule has 0 aromatic heterocycles. The molecule has 0 aliphatic carbocycles. The summed E-state index contributed by atoms with van der Waals surface area (Å²) in [5.74, 6) is 0.746. The lowest BCUT2D eigenvalue weighted by Crippen LogP contribution is -2.21. The molecule has 0 N–H and O–H groups in total. The fourth-order valence-electron chi connectivity index (χ4n) is 4.12. The highest BCUT2D eigenvalue weighted by Crippen LogP contribution is 2.43. The van der Waals surface area contributed by atoms with Gasteiger partial charge >= 0.3 is 12.4 Å². The summed E-state index contributed by atoms with van der Waals surface area (Å²) in [5.41, 5.74) is -1.52. The predicted molar refractivity (Wildman–Crippen MR) is 144 cm³/mol. The first-order valence-corrected chi connectivity index (χ1v) is 14.7. The average Bonchev–Trinajstić information content (AvgIpc) is 2.91. The Kier molecular flexibility index (Phi) is 8.80. The minimum absolute atomic E-state index is 0.574. The van der Waals surface area contributed by atoms with Gasteiger partial charge in [-0.15, -0.1) is 0 Å². The van der Waals surface area contributed by atoms with Crippen molar-refractivity contribution < 1.29 is 31.1 Å². The molecular formula is C29H24F6OP2. The molecule has 0 spiro atoms. The summed E-state index contributed by atoms with van der Waals surface area (Å²) in [5, 5.41) is 3.50. The van der Waals surface area contributed by atoms with Crippen molar-refractivity contribution >= 4 is 37.1 Å². The van der Waals surface area contributed by atoms with Crippen LogP contribution < -0.4 is 26.0 Å². The fourth-order valence-corrected chi connectivity index (χ4v) is 9.56. The van der Waals surface area contributed by atoms with E-state index in [0.717, 1.165) is 40.6 Å². The summed E-state index contributed by atoms with van der Waals surface area (Å²) in [6.45, 7) is 0. The van der Waals surface area contributed by atoms with Gasteiger partial charge in [0.15, 0.2) is 0 Å². The van der Waals surface area contributed by atoms with Crippen molar-refractivity contribution in [2.75, 3.05) is 19.4 Å². The maximum absolute atomic E-state index is 13.2. The van der Waals surface area contributed by atoms with Crippen molar-refractivity contribution in [2.45, 2.75) is 12.4 Å². The van der Waals surface area contributed by atoms with Gasteiger partial charge in [0.05, 0.1) is 18.2 Å². The summed E-state index contributed by atoms with van der Waals surface area (Å²) >= 11 is 0. The number of rotatable bonds is 8. The van der Waals surface area contributed by atoms with Crippen LogP contribution in [0.15, 0.2) is 103 Å². The molecule has 9 heteroatoms. The van der Waals surface area contributed by atoms with Crippen molar-refractivity contribution in [2.24, 2.45) is 0 Å². The number of methoxy groups -OCH3 is 1. The number of ether oxygens (including phenoxy) is 1. The van der Waals surface area contributed by atoms with Crippen molar-refractivity contribution in [1.82, 2.24) is 0 Å². The van der Waals surface area contributed by atoms with E-state index in [2.05, 4.69) is 0 Å². The minimum atomic E-state index is -4.47. The molecule has 1 atom stereocenters. The van der Waals surface area contributed by atoms with Crippen LogP contribution in [-0.4, -0.2) is 19.4 Å². The topological polar surface area (TPSA) is 9.23 Å². The van der Waals surface area contributed by atoms with E-state index in [9.17, 15) is 26.3 Å². The molecule has 4 aromatic rings. The van der Waals surface area contributed by atoms with Crippen LogP contribution in [0.5, 0.6) is 5.75 Å². The van der Waals surface area contributed by atoms with Crippen molar-refractivity contribution in [3.05, 3.63) is 114 Å². The lowest BCUT2D eigenvalue weighted by Gasteiger charge is -2.25. The van der Waals surface area contributed by atoms with Crippen LogP contribution in [0, 0.1) is 0 Å². The first-order chi connectivity index (χ1) is 18.1. The summed E-state index contributed by atoms with van der Waals surface area (Å²) in [6.07, 6.45) is -7.69. The van der Waals surface area contributed by atoms with Crippen LogP contribution >= 0.6 is 15.8 Å². The molecule has 4 aromatic carbocycles. The first-order valence-electron chi connectivity index (χ1n) is 11.7. The second kappa shape index (κ2) is 11.9. The second-order valence-corrected chi connectivity index (χ2v) is 13.0. The summed E-state index contributed by atoms with van der Waals surface area (Å²) in [6, 6.07) is 27.6. The van der Waals surface area contributed by atoms with E-state index in [1.54, 1.807) is 7.11 Å². The molecule has 1 unspecified atom stereocenters. The van der Waals surface area contributed by atoms with Gasteiger partial charge in [-0.05, 0) is 74.4 Å². The molecule has 0 bridgehead atoms. The summed E-state index contributed by atoms with van der Waals surface area (Å²) < 4.78 is 84.8. The van der Waals surface area contributed by atoms with Crippen LogP contribution in [-0.2, 0) is 12.4 Å². The molecule has 38 heavy (non-hydrogen) atoms. The van der Waals surface area contributed by atoms with E-state index < -0.39 is 39.3 Å². The Morgan fingerprint density at radius 1 is 0.526 bits per heavy atom. The van der Waals surface area contributed by atoms with E-state index in [-0.39, 0.29) is 0 Å². The maximum Gasteiger partial charge on any atom is 0.416 e. The van der Waals surface area contributed by atoms with E-state index in [1.165, 1.54) is 24.3 Å². The third-order valence-corrected chi connectivity index (χ3v) is 11.4. The molecule has 198 valence electrons. The third kappa shape index (κ3) is 6.76. The smallest absolute Gasteiger partial charge is 0.416 e. The number of halogens is 6. The van der Waals surface area contributed by atoms with Gasteiger partial charge in [-0.1, -0.05) is 72.8 Å². The zero-order valence-electron chi connectivity index (χ0n) is 20.3.